The number of benzene rings is 1. The van der Waals surface area contributed by atoms with Crippen LogP contribution in [0.25, 0.3) is 0 Å². The van der Waals surface area contributed by atoms with Gasteiger partial charge in [0.05, 0.1) is 6.61 Å². The molecule has 0 bridgehead atoms. The zero-order chi connectivity index (χ0) is 14.5. The van der Waals surface area contributed by atoms with Crippen molar-refractivity contribution in [3.8, 4) is 0 Å². The Morgan fingerprint density at radius 1 is 1.30 bits per heavy atom. The van der Waals surface area contributed by atoms with E-state index < -0.39 is 0 Å². The van der Waals surface area contributed by atoms with Gasteiger partial charge in [0, 0.05) is 18.4 Å². The number of nitrogen functional groups attached to an aromatic ring is 1. The molecular weight excluding hydrogens is 252 g/mol. The molecule has 3 N–H and O–H groups in total. The summed E-state index contributed by atoms with van der Waals surface area (Å²) in [4.78, 5) is 8.35. The Bertz CT molecular complexity index is 584. The third-order valence-electron chi connectivity index (χ3n) is 2.99. The van der Waals surface area contributed by atoms with Crippen LogP contribution in [0.4, 0.5) is 17.3 Å². The Morgan fingerprint density at radius 3 is 2.80 bits per heavy atom. The Labute approximate surface area is 119 Å². The maximum atomic E-state index is 5.94. The Morgan fingerprint density at radius 2 is 2.10 bits per heavy atom. The molecule has 0 spiro atoms. The van der Waals surface area contributed by atoms with Gasteiger partial charge >= 0.3 is 0 Å². The summed E-state index contributed by atoms with van der Waals surface area (Å²) in [5.41, 5.74) is 8.94. The lowest BCUT2D eigenvalue weighted by atomic mass is 10.0. The van der Waals surface area contributed by atoms with E-state index in [4.69, 9.17) is 10.5 Å². The molecule has 106 valence electrons. The maximum absolute atomic E-state index is 5.94. The average Bonchev–Trinajstić information content (AvgIpc) is 2.39. The minimum absolute atomic E-state index is 0.251. The van der Waals surface area contributed by atoms with E-state index in [1.54, 1.807) is 7.11 Å². The summed E-state index contributed by atoms with van der Waals surface area (Å²) in [6, 6.07) is 8.02. The second-order valence-corrected chi connectivity index (χ2v) is 4.93. The zero-order valence-corrected chi connectivity index (χ0v) is 12.1. The smallest absolute Gasteiger partial charge is 0.139 e. The number of anilines is 3. The molecule has 0 saturated carbocycles. The fourth-order valence-electron chi connectivity index (χ4n) is 2.12. The first-order valence-electron chi connectivity index (χ1n) is 6.57. The predicted molar refractivity (Wildman–Crippen MR) is 81.0 cm³/mol. The molecular formula is C15H20N4O. The number of ether oxygens (including phenoxy) is 1. The Hall–Kier alpha value is -2.14. The summed E-state index contributed by atoms with van der Waals surface area (Å²) in [5.74, 6) is 1.52. The molecule has 5 nitrogen and oxygen atoms in total. The van der Waals surface area contributed by atoms with Crippen LogP contribution in [0.15, 0.2) is 30.6 Å². The summed E-state index contributed by atoms with van der Waals surface area (Å²) in [5, 5.41) is 3.31. The molecule has 1 aromatic carbocycles. The molecule has 0 radical (unpaired) electrons. The fourth-order valence-corrected chi connectivity index (χ4v) is 2.12. The molecule has 0 atom stereocenters. The van der Waals surface area contributed by atoms with Gasteiger partial charge in [0.2, 0.25) is 0 Å². The second kappa shape index (κ2) is 6.34. The van der Waals surface area contributed by atoms with Crippen molar-refractivity contribution in [3.05, 3.63) is 41.7 Å². The summed E-state index contributed by atoms with van der Waals surface area (Å²) in [7, 11) is 1.68. The average molecular weight is 272 g/mol. The van der Waals surface area contributed by atoms with Gasteiger partial charge in [-0.15, -0.1) is 0 Å². The molecule has 1 aromatic heterocycles. The molecule has 0 fully saturated rings. The first-order valence-corrected chi connectivity index (χ1v) is 6.57. The van der Waals surface area contributed by atoms with Crippen LogP contribution in [0.1, 0.15) is 30.9 Å². The number of hydrogen-bond donors (Lipinski definition) is 2. The van der Waals surface area contributed by atoms with E-state index in [-0.39, 0.29) is 5.92 Å². The van der Waals surface area contributed by atoms with Crippen molar-refractivity contribution in [1.29, 1.82) is 0 Å². The highest BCUT2D eigenvalue weighted by atomic mass is 16.5. The third-order valence-corrected chi connectivity index (χ3v) is 2.99. The van der Waals surface area contributed by atoms with Crippen molar-refractivity contribution >= 4 is 17.3 Å². The van der Waals surface area contributed by atoms with Gasteiger partial charge in [0.15, 0.2) is 0 Å². The number of hydrogen-bond acceptors (Lipinski definition) is 5. The summed E-state index contributed by atoms with van der Waals surface area (Å²) < 4.78 is 5.14. The zero-order valence-electron chi connectivity index (χ0n) is 12.1. The summed E-state index contributed by atoms with van der Waals surface area (Å²) in [6.45, 7) is 4.72. The van der Waals surface area contributed by atoms with Crippen molar-refractivity contribution < 1.29 is 4.74 Å². The van der Waals surface area contributed by atoms with Crippen molar-refractivity contribution in [2.45, 2.75) is 26.4 Å². The van der Waals surface area contributed by atoms with E-state index in [2.05, 4.69) is 29.1 Å². The number of nitrogens with zero attached hydrogens (tertiary/aromatic N) is 2. The molecule has 2 aromatic rings. The van der Waals surface area contributed by atoms with Crippen LogP contribution in [0.5, 0.6) is 0 Å². The van der Waals surface area contributed by atoms with Crippen LogP contribution < -0.4 is 11.1 Å². The summed E-state index contributed by atoms with van der Waals surface area (Å²) >= 11 is 0. The Balaban J connectivity index is 2.30. The van der Waals surface area contributed by atoms with E-state index in [0.29, 0.717) is 12.4 Å². The largest absolute Gasteiger partial charge is 0.383 e. The topological polar surface area (TPSA) is 73.1 Å². The lowest BCUT2D eigenvalue weighted by Gasteiger charge is -2.15. The molecule has 5 heteroatoms. The van der Waals surface area contributed by atoms with Crippen molar-refractivity contribution in [2.24, 2.45) is 0 Å². The van der Waals surface area contributed by atoms with Crippen LogP contribution in [0, 0.1) is 0 Å². The highest BCUT2D eigenvalue weighted by Gasteiger charge is 2.13. The van der Waals surface area contributed by atoms with Crippen LogP contribution in [0.2, 0.25) is 0 Å². The molecule has 0 aliphatic rings. The molecule has 1 heterocycles. The first-order chi connectivity index (χ1) is 9.61. The molecule has 0 amide bonds. The van der Waals surface area contributed by atoms with Gasteiger partial charge in [0.25, 0.3) is 0 Å². The number of aromatic nitrogens is 2. The molecule has 0 saturated heterocycles. The lowest BCUT2D eigenvalue weighted by molar-refractivity contribution is 0.185. The SMILES string of the molecule is COCc1cccc(Nc2ncnc(N)c2C(C)C)c1. The molecule has 0 unspecified atom stereocenters. The maximum Gasteiger partial charge on any atom is 0.139 e. The highest BCUT2D eigenvalue weighted by Crippen LogP contribution is 2.28. The van der Waals surface area contributed by atoms with Gasteiger partial charge in [-0.05, 0) is 23.6 Å². The van der Waals surface area contributed by atoms with Crippen molar-refractivity contribution in [1.82, 2.24) is 9.97 Å². The van der Waals surface area contributed by atoms with Gasteiger partial charge in [-0.1, -0.05) is 26.0 Å². The van der Waals surface area contributed by atoms with Gasteiger partial charge in [0.1, 0.15) is 18.0 Å². The van der Waals surface area contributed by atoms with Gasteiger partial charge in [-0.25, -0.2) is 9.97 Å². The summed E-state index contributed by atoms with van der Waals surface area (Å²) in [6.07, 6.45) is 1.47. The molecule has 2 rings (SSSR count). The minimum Gasteiger partial charge on any atom is -0.383 e. The van der Waals surface area contributed by atoms with E-state index in [1.165, 1.54) is 6.33 Å². The molecule has 0 aliphatic heterocycles. The van der Waals surface area contributed by atoms with Gasteiger partial charge in [-0.3, -0.25) is 0 Å². The number of methoxy groups -OCH3 is 1. The standard InChI is InChI=1S/C15H20N4O/c1-10(2)13-14(16)17-9-18-15(13)19-12-6-4-5-11(7-12)8-20-3/h4-7,9-10H,8H2,1-3H3,(H3,16,17,18,19). The quantitative estimate of drug-likeness (QED) is 0.875. The van der Waals surface area contributed by atoms with Crippen molar-refractivity contribution in [2.75, 3.05) is 18.2 Å². The monoisotopic (exact) mass is 272 g/mol. The predicted octanol–water partition coefficient (Wildman–Crippen LogP) is 3.07. The number of nitrogens with two attached hydrogens (primary N) is 1. The van der Waals surface area contributed by atoms with Gasteiger partial charge < -0.3 is 15.8 Å². The van der Waals surface area contributed by atoms with Crippen LogP contribution in [0.3, 0.4) is 0 Å². The Kier molecular flexibility index (Phi) is 4.53. The lowest BCUT2D eigenvalue weighted by Crippen LogP contribution is -2.06. The van der Waals surface area contributed by atoms with Gasteiger partial charge in [-0.2, -0.15) is 0 Å². The number of nitrogens with one attached hydrogen (secondary N) is 1. The van der Waals surface area contributed by atoms with Crippen LogP contribution in [-0.2, 0) is 11.3 Å². The third kappa shape index (κ3) is 3.24. The van der Waals surface area contributed by atoms with E-state index in [1.807, 2.05) is 24.3 Å². The van der Waals surface area contributed by atoms with Crippen LogP contribution >= 0.6 is 0 Å². The fraction of sp³-hybridized carbons (Fsp3) is 0.333. The van der Waals surface area contributed by atoms with E-state index >= 15 is 0 Å². The van der Waals surface area contributed by atoms with Crippen LogP contribution in [-0.4, -0.2) is 17.1 Å². The normalized spacial score (nSPS) is 10.8. The molecule has 0 aliphatic carbocycles. The van der Waals surface area contributed by atoms with Crippen molar-refractivity contribution in [3.63, 3.8) is 0 Å². The highest BCUT2D eigenvalue weighted by molar-refractivity contribution is 5.65. The van der Waals surface area contributed by atoms with E-state index in [0.717, 1.165) is 22.6 Å². The first kappa shape index (κ1) is 14.3. The minimum atomic E-state index is 0.251. The van der Waals surface area contributed by atoms with E-state index in [9.17, 15) is 0 Å². The number of rotatable bonds is 5. The molecule has 20 heavy (non-hydrogen) atoms. The second-order valence-electron chi connectivity index (χ2n) is 4.93.